The Labute approximate surface area is 76.3 Å². The van der Waals surface area contributed by atoms with Crippen LogP contribution in [0.2, 0.25) is 0 Å². The van der Waals surface area contributed by atoms with Gasteiger partial charge in [0.15, 0.2) is 5.89 Å². The van der Waals surface area contributed by atoms with Crippen molar-refractivity contribution >= 4 is 5.91 Å². The summed E-state index contributed by atoms with van der Waals surface area (Å²) < 4.78 is 5.24. The van der Waals surface area contributed by atoms with Crippen LogP contribution in [0.25, 0.3) is 0 Å². The van der Waals surface area contributed by atoms with E-state index < -0.39 is 0 Å². The Morgan fingerprint density at radius 1 is 1.62 bits per heavy atom. The third-order valence-electron chi connectivity index (χ3n) is 1.63. The Morgan fingerprint density at radius 3 is 2.77 bits per heavy atom. The normalized spacial score (nSPS) is 10.1. The first-order chi connectivity index (χ1) is 6.13. The van der Waals surface area contributed by atoms with E-state index >= 15 is 0 Å². The second-order valence-electron chi connectivity index (χ2n) is 2.72. The highest BCUT2D eigenvalue weighted by molar-refractivity contribution is 5.77. The molecule has 1 rings (SSSR count). The number of nitrogens with two attached hydrogens (primary N) is 1. The zero-order valence-corrected chi connectivity index (χ0v) is 7.76. The molecule has 0 radical (unpaired) electrons. The highest BCUT2D eigenvalue weighted by Gasteiger charge is 2.06. The Morgan fingerprint density at radius 2 is 2.31 bits per heavy atom. The van der Waals surface area contributed by atoms with Gasteiger partial charge in [-0.1, -0.05) is 0 Å². The van der Waals surface area contributed by atoms with E-state index in [2.05, 4.69) is 10.3 Å². The lowest BCUT2D eigenvalue weighted by molar-refractivity contribution is -0.119. The maximum absolute atomic E-state index is 10.8. The van der Waals surface area contributed by atoms with Gasteiger partial charge in [0.05, 0.1) is 18.8 Å². The molecular formula is C8H13N3O2. The molecule has 1 amide bonds. The first-order valence-corrected chi connectivity index (χ1v) is 4.03. The van der Waals surface area contributed by atoms with E-state index in [4.69, 9.17) is 10.2 Å². The van der Waals surface area contributed by atoms with E-state index in [9.17, 15) is 4.79 Å². The largest absolute Gasteiger partial charge is 0.444 e. The van der Waals surface area contributed by atoms with E-state index in [1.165, 1.54) is 0 Å². The van der Waals surface area contributed by atoms with Gasteiger partial charge >= 0.3 is 0 Å². The number of aryl methyl sites for hydroxylation is 2. The number of hydrogen-bond acceptors (Lipinski definition) is 4. The monoisotopic (exact) mass is 183 g/mol. The highest BCUT2D eigenvalue weighted by Crippen LogP contribution is 2.08. The van der Waals surface area contributed by atoms with Crippen LogP contribution in [0.4, 0.5) is 0 Å². The first kappa shape index (κ1) is 9.73. The quantitative estimate of drug-likeness (QED) is 0.683. The van der Waals surface area contributed by atoms with E-state index in [0.717, 1.165) is 5.69 Å². The second kappa shape index (κ2) is 4.04. The summed E-state index contributed by atoms with van der Waals surface area (Å²) in [6, 6.07) is 0. The van der Waals surface area contributed by atoms with Crippen LogP contribution in [-0.4, -0.2) is 17.4 Å². The van der Waals surface area contributed by atoms with Gasteiger partial charge in [-0.25, -0.2) is 4.98 Å². The van der Waals surface area contributed by atoms with Gasteiger partial charge in [-0.2, -0.15) is 0 Å². The Bertz CT molecular complexity index is 306. The van der Waals surface area contributed by atoms with Crippen LogP contribution in [0.1, 0.15) is 17.3 Å². The maximum atomic E-state index is 10.8. The number of amides is 1. The molecule has 0 bridgehead atoms. The Kier molecular flexibility index (Phi) is 3.02. The second-order valence-corrected chi connectivity index (χ2v) is 2.72. The van der Waals surface area contributed by atoms with Crippen LogP contribution in [0.3, 0.4) is 0 Å². The van der Waals surface area contributed by atoms with Crippen LogP contribution in [0, 0.1) is 13.8 Å². The first-order valence-electron chi connectivity index (χ1n) is 4.03. The Balaban J connectivity index is 2.54. The fourth-order valence-electron chi connectivity index (χ4n) is 0.989. The fourth-order valence-corrected chi connectivity index (χ4v) is 0.989. The molecule has 0 saturated heterocycles. The molecule has 0 saturated carbocycles. The van der Waals surface area contributed by atoms with Gasteiger partial charge in [-0.3, -0.25) is 4.79 Å². The third-order valence-corrected chi connectivity index (χ3v) is 1.63. The number of carbonyl (C=O) groups is 1. The molecule has 1 aromatic heterocycles. The molecule has 0 aliphatic rings. The maximum Gasteiger partial charge on any atom is 0.234 e. The molecule has 1 heterocycles. The fraction of sp³-hybridized carbons (Fsp3) is 0.500. The minimum atomic E-state index is -0.201. The van der Waals surface area contributed by atoms with Crippen LogP contribution in [0.5, 0.6) is 0 Å². The standard InChI is InChI=1S/C8H13N3O2/c1-5-7(13-6(2)11-5)4-10-8(12)3-9/h3-4,9H2,1-2H3,(H,10,12). The zero-order chi connectivity index (χ0) is 9.84. The van der Waals surface area contributed by atoms with Crippen molar-refractivity contribution in [1.82, 2.24) is 10.3 Å². The third kappa shape index (κ3) is 2.55. The van der Waals surface area contributed by atoms with Gasteiger partial charge < -0.3 is 15.5 Å². The number of nitrogens with one attached hydrogen (secondary N) is 1. The molecule has 0 aromatic carbocycles. The molecule has 3 N–H and O–H groups in total. The van der Waals surface area contributed by atoms with Gasteiger partial charge in [0.2, 0.25) is 5.91 Å². The number of nitrogens with zero attached hydrogens (tertiary/aromatic N) is 1. The zero-order valence-electron chi connectivity index (χ0n) is 7.76. The molecule has 1 aromatic rings. The van der Waals surface area contributed by atoms with Crippen molar-refractivity contribution < 1.29 is 9.21 Å². The summed E-state index contributed by atoms with van der Waals surface area (Å²) in [5.74, 6) is 1.09. The minimum absolute atomic E-state index is 0.00777. The average Bonchev–Trinajstić information content (AvgIpc) is 2.41. The molecule has 0 fully saturated rings. The predicted octanol–water partition coefficient (Wildman–Crippen LogP) is -0.134. The van der Waals surface area contributed by atoms with E-state index in [-0.39, 0.29) is 12.5 Å². The van der Waals surface area contributed by atoms with Crippen LogP contribution in [-0.2, 0) is 11.3 Å². The lowest BCUT2D eigenvalue weighted by atomic mass is 10.3. The molecule has 0 spiro atoms. The summed E-state index contributed by atoms with van der Waals surface area (Å²) in [6.45, 7) is 3.94. The number of rotatable bonds is 3. The van der Waals surface area contributed by atoms with Gasteiger partial charge in [-0.15, -0.1) is 0 Å². The summed E-state index contributed by atoms with van der Waals surface area (Å²) in [6.07, 6.45) is 0. The summed E-state index contributed by atoms with van der Waals surface area (Å²) in [4.78, 5) is 14.9. The van der Waals surface area contributed by atoms with Crippen molar-refractivity contribution in [3.8, 4) is 0 Å². The van der Waals surface area contributed by atoms with Crippen molar-refractivity contribution in [3.63, 3.8) is 0 Å². The molecule has 0 atom stereocenters. The molecule has 0 aliphatic heterocycles. The molecule has 0 aliphatic carbocycles. The smallest absolute Gasteiger partial charge is 0.234 e. The predicted molar refractivity (Wildman–Crippen MR) is 46.9 cm³/mol. The highest BCUT2D eigenvalue weighted by atomic mass is 16.4. The van der Waals surface area contributed by atoms with E-state index in [1.54, 1.807) is 6.92 Å². The van der Waals surface area contributed by atoms with Crippen molar-refractivity contribution in [1.29, 1.82) is 0 Å². The molecule has 5 heteroatoms. The van der Waals surface area contributed by atoms with Crippen LogP contribution < -0.4 is 11.1 Å². The summed E-state index contributed by atoms with van der Waals surface area (Å²) in [5.41, 5.74) is 5.92. The van der Waals surface area contributed by atoms with Crippen molar-refractivity contribution in [2.45, 2.75) is 20.4 Å². The molecule has 0 unspecified atom stereocenters. The van der Waals surface area contributed by atoms with Crippen molar-refractivity contribution in [2.24, 2.45) is 5.73 Å². The van der Waals surface area contributed by atoms with Crippen molar-refractivity contribution in [2.75, 3.05) is 6.54 Å². The molecule has 72 valence electrons. The van der Waals surface area contributed by atoms with Gasteiger partial charge in [0, 0.05) is 6.92 Å². The number of hydrogen-bond donors (Lipinski definition) is 2. The van der Waals surface area contributed by atoms with Crippen LogP contribution in [0.15, 0.2) is 4.42 Å². The van der Waals surface area contributed by atoms with Gasteiger partial charge in [0.1, 0.15) is 5.76 Å². The SMILES string of the molecule is Cc1nc(C)c(CNC(=O)CN)o1. The average molecular weight is 183 g/mol. The molecule has 5 nitrogen and oxygen atoms in total. The molecular weight excluding hydrogens is 170 g/mol. The number of aromatic nitrogens is 1. The lowest BCUT2D eigenvalue weighted by Gasteiger charge is -1.99. The van der Waals surface area contributed by atoms with E-state index in [1.807, 2.05) is 6.92 Å². The summed E-state index contributed by atoms with van der Waals surface area (Å²) >= 11 is 0. The number of carbonyl (C=O) groups excluding carboxylic acids is 1. The van der Waals surface area contributed by atoms with Gasteiger partial charge in [-0.05, 0) is 6.92 Å². The molecule has 13 heavy (non-hydrogen) atoms. The topological polar surface area (TPSA) is 81.2 Å². The van der Waals surface area contributed by atoms with E-state index in [0.29, 0.717) is 18.2 Å². The van der Waals surface area contributed by atoms with Crippen LogP contribution >= 0.6 is 0 Å². The number of oxazole rings is 1. The minimum Gasteiger partial charge on any atom is -0.444 e. The Hall–Kier alpha value is -1.36. The van der Waals surface area contributed by atoms with Crippen molar-refractivity contribution in [3.05, 3.63) is 17.3 Å². The summed E-state index contributed by atoms with van der Waals surface area (Å²) in [7, 11) is 0. The summed E-state index contributed by atoms with van der Waals surface area (Å²) in [5, 5.41) is 2.61. The lowest BCUT2D eigenvalue weighted by Crippen LogP contribution is -2.29. The van der Waals surface area contributed by atoms with Gasteiger partial charge in [0.25, 0.3) is 0 Å².